The summed E-state index contributed by atoms with van der Waals surface area (Å²) in [5.41, 5.74) is 2.63. The number of fused-ring (bicyclic) bond motifs is 1. The second kappa shape index (κ2) is 5.24. The van der Waals surface area contributed by atoms with Gasteiger partial charge in [-0.05, 0) is 42.6 Å². The standard InChI is InChI=1S/C16H22N2OS/c1-16(8-4-3-5-9-16)11-18-14-7-6-12(19-2)10-13(14)17-15(18)20/h6-7,10H,3-5,8-9,11H2,1-2H3,(H,17,20). The van der Waals surface area contributed by atoms with E-state index < -0.39 is 0 Å². The number of aromatic nitrogens is 2. The van der Waals surface area contributed by atoms with Gasteiger partial charge in [0.2, 0.25) is 0 Å². The first-order chi connectivity index (χ1) is 9.61. The van der Waals surface area contributed by atoms with Gasteiger partial charge in [-0.15, -0.1) is 0 Å². The lowest BCUT2D eigenvalue weighted by Crippen LogP contribution is -2.26. The molecule has 0 spiro atoms. The monoisotopic (exact) mass is 290 g/mol. The Hall–Kier alpha value is -1.29. The van der Waals surface area contributed by atoms with Crippen molar-refractivity contribution in [3.63, 3.8) is 0 Å². The van der Waals surface area contributed by atoms with Gasteiger partial charge >= 0.3 is 0 Å². The number of aromatic amines is 1. The van der Waals surface area contributed by atoms with Crippen LogP contribution in [0.2, 0.25) is 0 Å². The number of nitrogens with zero attached hydrogens (tertiary/aromatic N) is 1. The Balaban J connectivity index is 1.98. The number of H-pyrrole nitrogens is 1. The summed E-state index contributed by atoms with van der Waals surface area (Å²) in [6.07, 6.45) is 6.68. The van der Waals surface area contributed by atoms with Gasteiger partial charge in [-0.1, -0.05) is 26.2 Å². The summed E-state index contributed by atoms with van der Waals surface area (Å²) in [6.45, 7) is 3.41. The first-order valence-corrected chi connectivity index (χ1v) is 7.79. The van der Waals surface area contributed by atoms with Gasteiger partial charge in [-0.3, -0.25) is 0 Å². The van der Waals surface area contributed by atoms with Crippen molar-refractivity contribution in [3.8, 4) is 5.75 Å². The zero-order chi connectivity index (χ0) is 14.2. The zero-order valence-corrected chi connectivity index (χ0v) is 13.1. The van der Waals surface area contributed by atoms with Gasteiger partial charge in [-0.2, -0.15) is 0 Å². The third-order valence-electron chi connectivity index (χ3n) is 4.58. The van der Waals surface area contributed by atoms with E-state index in [9.17, 15) is 0 Å². The Morgan fingerprint density at radius 3 is 2.75 bits per heavy atom. The molecule has 0 radical (unpaired) electrons. The molecule has 0 amide bonds. The summed E-state index contributed by atoms with van der Waals surface area (Å²) >= 11 is 5.52. The molecule has 4 heteroatoms. The van der Waals surface area contributed by atoms with E-state index in [0.29, 0.717) is 5.41 Å². The average molecular weight is 290 g/mol. The molecule has 0 unspecified atom stereocenters. The molecule has 1 saturated carbocycles. The van der Waals surface area contributed by atoms with E-state index in [2.05, 4.69) is 22.5 Å². The van der Waals surface area contributed by atoms with Crippen LogP contribution in [-0.4, -0.2) is 16.7 Å². The van der Waals surface area contributed by atoms with E-state index in [4.69, 9.17) is 17.0 Å². The van der Waals surface area contributed by atoms with E-state index >= 15 is 0 Å². The van der Waals surface area contributed by atoms with Gasteiger partial charge in [0.1, 0.15) is 5.75 Å². The zero-order valence-electron chi connectivity index (χ0n) is 12.2. The van der Waals surface area contributed by atoms with Crippen molar-refractivity contribution in [1.82, 2.24) is 9.55 Å². The van der Waals surface area contributed by atoms with Crippen molar-refractivity contribution < 1.29 is 4.74 Å². The van der Waals surface area contributed by atoms with Gasteiger partial charge in [0.05, 0.1) is 18.1 Å². The molecule has 0 aliphatic heterocycles. The van der Waals surface area contributed by atoms with Crippen LogP contribution in [0.4, 0.5) is 0 Å². The number of methoxy groups -OCH3 is 1. The summed E-state index contributed by atoms with van der Waals surface area (Å²) in [6, 6.07) is 6.13. The minimum absolute atomic E-state index is 0.380. The molecule has 3 rings (SSSR count). The number of imidazole rings is 1. The molecule has 0 saturated heterocycles. The van der Waals surface area contributed by atoms with Gasteiger partial charge in [0.15, 0.2) is 4.77 Å². The third kappa shape index (κ3) is 2.49. The second-order valence-electron chi connectivity index (χ2n) is 6.27. The van der Waals surface area contributed by atoms with Gasteiger partial charge < -0.3 is 14.3 Å². The molecule has 1 heterocycles. The summed E-state index contributed by atoms with van der Waals surface area (Å²) in [4.78, 5) is 3.31. The highest BCUT2D eigenvalue weighted by atomic mass is 32.1. The Morgan fingerprint density at radius 2 is 2.05 bits per heavy atom. The summed E-state index contributed by atoms with van der Waals surface area (Å²) in [5.74, 6) is 0.866. The molecular formula is C16H22N2OS. The van der Waals surface area contributed by atoms with E-state index in [1.54, 1.807) is 7.11 Å². The minimum Gasteiger partial charge on any atom is -0.497 e. The maximum atomic E-state index is 5.52. The smallest absolute Gasteiger partial charge is 0.178 e. The molecule has 1 aliphatic rings. The molecule has 1 aliphatic carbocycles. The highest BCUT2D eigenvalue weighted by Crippen LogP contribution is 2.38. The lowest BCUT2D eigenvalue weighted by atomic mass is 9.75. The van der Waals surface area contributed by atoms with Crippen LogP contribution in [0.5, 0.6) is 5.75 Å². The van der Waals surface area contributed by atoms with Crippen molar-refractivity contribution in [1.29, 1.82) is 0 Å². The minimum atomic E-state index is 0.380. The molecule has 1 aromatic carbocycles. The van der Waals surface area contributed by atoms with Crippen LogP contribution in [0.25, 0.3) is 11.0 Å². The molecule has 3 nitrogen and oxygen atoms in total. The Labute approximate surface area is 125 Å². The quantitative estimate of drug-likeness (QED) is 0.832. The fourth-order valence-electron chi connectivity index (χ4n) is 3.37. The van der Waals surface area contributed by atoms with Crippen LogP contribution in [-0.2, 0) is 6.54 Å². The molecule has 108 valence electrons. The second-order valence-corrected chi connectivity index (χ2v) is 6.66. The number of rotatable bonds is 3. The Morgan fingerprint density at radius 1 is 1.30 bits per heavy atom. The molecule has 1 fully saturated rings. The molecule has 0 atom stereocenters. The molecular weight excluding hydrogens is 268 g/mol. The van der Waals surface area contributed by atoms with Crippen LogP contribution >= 0.6 is 12.2 Å². The lowest BCUT2D eigenvalue weighted by Gasteiger charge is -2.34. The number of benzene rings is 1. The fourth-order valence-corrected chi connectivity index (χ4v) is 3.64. The first kappa shape index (κ1) is 13.7. The van der Waals surface area contributed by atoms with Crippen molar-refractivity contribution >= 4 is 23.3 Å². The van der Waals surface area contributed by atoms with Crippen molar-refractivity contribution in [2.45, 2.75) is 45.6 Å². The predicted octanol–water partition coefficient (Wildman–Crippen LogP) is 4.68. The molecule has 20 heavy (non-hydrogen) atoms. The molecule has 0 bridgehead atoms. The lowest BCUT2D eigenvalue weighted by molar-refractivity contribution is 0.184. The summed E-state index contributed by atoms with van der Waals surface area (Å²) in [7, 11) is 1.69. The van der Waals surface area contributed by atoms with Crippen LogP contribution < -0.4 is 4.74 Å². The van der Waals surface area contributed by atoms with Crippen molar-refractivity contribution in [2.75, 3.05) is 7.11 Å². The maximum absolute atomic E-state index is 5.52. The van der Waals surface area contributed by atoms with E-state index in [1.165, 1.54) is 37.6 Å². The van der Waals surface area contributed by atoms with Crippen LogP contribution in [0.15, 0.2) is 18.2 Å². The fraction of sp³-hybridized carbons (Fsp3) is 0.562. The van der Waals surface area contributed by atoms with Gasteiger partial charge in [0.25, 0.3) is 0 Å². The van der Waals surface area contributed by atoms with Crippen LogP contribution in [0, 0.1) is 10.2 Å². The largest absolute Gasteiger partial charge is 0.497 e. The Kier molecular flexibility index (Phi) is 3.59. The summed E-state index contributed by atoms with van der Waals surface area (Å²) in [5, 5.41) is 0. The number of nitrogens with one attached hydrogen (secondary N) is 1. The molecule has 1 aromatic heterocycles. The predicted molar refractivity (Wildman–Crippen MR) is 84.9 cm³/mol. The van der Waals surface area contributed by atoms with Crippen LogP contribution in [0.3, 0.4) is 0 Å². The van der Waals surface area contributed by atoms with E-state index in [-0.39, 0.29) is 0 Å². The highest BCUT2D eigenvalue weighted by Gasteiger charge is 2.28. The van der Waals surface area contributed by atoms with E-state index in [0.717, 1.165) is 22.6 Å². The van der Waals surface area contributed by atoms with Gasteiger partial charge in [-0.25, -0.2) is 0 Å². The van der Waals surface area contributed by atoms with E-state index in [1.807, 2.05) is 12.1 Å². The van der Waals surface area contributed by atoms with Crippen LogP contribution in [0.1, 0.15) is 39.0 Å². The average Bonchev–Trinajstić information content (AvgIpc) is 2.74. The summed E-state index contributed by atoms with van der Waals surface area (Å²) < 4.78 is 8.36. The van der Waals surface area contributed by atoms with Gasteiger partial charge in [0, 0.05) is 12.6 Å². The molecule has 1 N–H and O–H groups in total. The van der Waals surface area contributed by atoms with Crippen molar-refractivity contribution in [2.24, 2.45) is 5.41 Å². The Bertz CT molecular complexity index is 665. The number of hydrogen-bond acceptors (Lipinski definition) is 2. The normalized spacial score (nSPS) is 18.3. The SMILES string of the molecule is COc1ccc2c(c1)[nH]c(=S)n2CC1(C)CCCCC1. The maximum Gasteiger partial charge on any atom is 0.178 e. The number of ether oxygens (including phenoxy) is 1. The first-order valence-electron chi connectivity index (χ1n) is 7.38. The highest BCUT2D eigenvalue weighted by molar-refractivity contribution is 7.71. The van der Waals surface area contributed by atoms with Crippen molar-refractivity contribution in [3.05, 3.63) is 23.0 Å². The topological polar surface area (TPSA) is 29.9 Å². The molecule has 2 aromatic rings. The third-order valence-corrected chi connectivity index (χ3v) is 4.90. The number of hydrogen-bond donors (Lipinski definition) is 1.